The van der Waals surface area contributed by atoms with Crippen molar-refractivity contribution in [2.45, 2.75) is 65.6 Å². The lowest BCUT2D eigenvalue weighted by Gasteiger charge is -2.40. The van der Waals surface area contributed by atoms with Crippen LogP contribution in [0.25, 0.3) is 5.82 Å². The summed E-state index contributed by atoms with van der Waals surface area (Å²) in [5.41, 5.74) is 6.72. The molecule has 39 heavy (non-hydrogen) atoms. The van der Waals surface area contributed by atoms with Gasteiger partial charge in [-0.15, -0.1) is 0 Å². The standard InChI is InChI=1S/C28H39N7O3S/c1-19-16-25(35-14-7-20(2)31-35)30-22(4)26(19)27(36)29-11-6-21(3)33-12-8-24(9-13-33)34(28(37)32-38-5)17-23-10-15-39-18-23/h7,10,14-16,18,21,24H,6,8-9,11-13,17H2,1-5H3,(H,29,36)(H,32,37)/t21-/m1/s1. The molecular formula is C28H39N7O3S. The Kier molecular flexibility index (Phi) is 9.71. The quantitative estimate of drug-likeness (QED) is 0.368. The molecule has 0 aliphatic carbocycles. The number of carbonyl (C=O) groups is 2. The Morgan fingerprint density at radius 3 is 2.62 bits per heavy atom. The maximum Gasteiger partial charge on any atom is 0.341 e. The van der Waals surface area contributed by atoms with Gasteiger partial charge in [0.15, 0.2) is 5.82 Å². The fourth-order valence-electron chi connectivity index (χ4n) is 5.21. The van der Waals surface area contributed by atoms with E-state index < -0.39 is 0 Å². The van der Waals surface area contributed by atoms with Gasteiger partial charge in [-0.25, -0.2) is 19.9 Å². The molecule has 3 aromatic heterocycles. The van der Waals surface area contributed by atoms with Gasteiger partial charge in [-0.3, -0.25) is 9.63 Å². The second-order valence-corrected chi connectivity index (χ2v) is 11.0. The van der Waals surface area contributed by atoms with E-state index in [9.17, 15) is 9.59 Å². The SMILES string of the molecule is CONC(=O)N(Cc1ccsc1)C1CCN([C@H](C)CCNC(=O)c2c(C)cc(-n3ccc(C)n3)nc2C)CC1. The third-order valence-corrected chi connectivity index (χ3v) is 8.09. The van der Waals surface area contributed by atoms with Gasteiger partial charge < -0.3 is 15.1 Å². The van der Waals surface area contributed by atoms with Crippen LogP contribution in [-0.2, 0) is 11.4 Å². The van der Waals surface area contributed by atoms with Gasteiger partial charge in [-0.2, -0.15) is 16.4 Å². The molecule has 10 nitrogen and oxygen atoms in total. The highest BCUT2D eigenvalue weighted by Crippen LogP contribution is 2.22. The van der Waals surface area contributed by atoms with Gasteiger partial charge in [0, 0.05) is 44.5 Å². The molecule has 0 aromatic carbocycles. The third kappa shape index (κ3) is 7.23. The normalized spacial score (nSPS) is 15.2. The summed E-state index contributed by atoms with van der Waals surface area (Å²) in [7, 11) is 1.46. The lowest BCUT2D eigenvalue weighted by molar-refractivity contribution is 0.0565. The fourth-order valence-corrected chi connectivity index (χ4v) is 5.87. The van der Waals surface area contributed by atoms with E-state index in [1.54, 1.807) is 16.0 Å². The number of pyridine rings is 1. The molecule has 0 radical (unpaired) electrons. The molecule has 1 saturated heterocycles. The zero-order valence-corrected chi connectivity index (χ0v) is 24.3. The van der Waals surface area contributed by atoms with Crippen LogP contribution in [0.2, 0.25) is 0 Å². The van der Waals surface area contributed by atoms with Gasteiger partial charge in [0.1, 0.15) is 0 Å². The number of hydrogen-bond acceptors (Lipinski definition) is 7. The van der Waals surface area contributed by atoms with E-state index in [2.05, 4.69) is 44.1 Å². The minimum absolute atomic E-state index is 0.0974. The van der Waals surface area contributed by atoms with Gasteiger partial charge in [0.25, 0.3) is 5.91 Å². The lowest BCUT2D eigenvalue weighted by atomic mass is 10.0. The van der Waals surface area contributed by atoms with E-state index >= 15 is 0 Å². The van der Waals surface area contributed by atoms with Crippen molar-refractivity contribution in [1.82, 2.24) is 35.4 Å². The van der Waals surface area contributed by atoms with Crippen molar-refractivity contribution in [3.05, 3.63) is 63.2 Å². The Bertz CT molecular complexity index is 1230. The Balaban J connectivity index is 1.27. The van der Waals surface area contributed by atoms with Crippen LogP contribution >= 0.6 is 11.3 Å². The van der Waals surface area contributed by atoms with Gasteiger partial charge in [0.2, 0.25) is 0 Å². The smallest absolute Gasteiger partial charge is 0.341 e. The molecular weight excluding hydrogens is 514 g/mol. The second-order valence-electron chi connectivity index (χ2n) is 10.2. The van der Waals surface area contributed by atoms with Crippen LogP contribution in [0.1, 0.15) is 59.1 Å². The molecule has 1 fully saturated rings. The summed E-state index contributed by atoms with van der Waals surface area (Å²) in [6.45, 7) is 10.9. The number of carbonyl (C=O) groups excluding carboxylic acids is 2. The summed E-state index contributed by atoms with van der Waals surface area (Å²) in [5, 5.41) is 11.6. The van der Waals surface area contributed by atoms with Crippen LogP contribution in [0.3, 0.4) is 0 Å². The van der Waals surface area contributed by atoms with Crippen LogP contribution in [0.15, 0.2) is 35.2 Å². The fraction of sp³-hybridized carbons (Fsp3) is 0.500. The Hall–Kier alpha value is -3.28. The molecule has 3 aromatic rings. The molecule has 1 aliphatic heterocycles. The number of urea groups is 1. The van der Waals surface area contributed by atoms with Crippen molar-refractivity contribution in [1.29, 1.82) is 0 Å². The average Bonchev–Trinajstić information content (AvgIpc) is 3.59. The van der Waals surface area contributed by atoms with E-state index in [0.29, 0.717) is 36.2 Å². The molecule has 2 N–H and O–H groups in total. The molecule has 1 aliphatic rings. The Morgan fingerprint density at radius 2 is 2.00 bits per heavy atom. The molecule has 210 valence electrons. The molecule has 1 atom stereocenters. The van der Waals surface area contributed by atoms with E-state index in [-0.39, 0.29) is 18.0 Å². The number of aryl methyl sites for hydroxylation is 3. The summed E-state index contributed by atoms with van der Waals surface area (Å²) >= 11 is 1.63. The van der Waals surface area contributed by atoms with Gasteiger partial charge in [-0.1, -0.05) is 0 Å². The van der Waals surface area contributed by atoms with E-state index in [1.807, 2.05) is 49.4 Å². The Labute approximate surface area is 234 Å². The maximum atomic E-state index is 13.0. The molecule has 0 saturated carbocycles. The highest BCUT2D eigenvalue weighted by molar-refractivity contribution is 7.07. The molecule has 0 unspecified atom stereocenters. The molecule has 0 spiro atoms. The molecule has 4 heterocycles. The van der Waals surface area contributed by atoms with Crippen LogP contribution < -0.4 is 10.8 Å². The maximum absolute atomic E-state index is 13.0. The van der Waals surface area contributed by atoms with E-state index in [0.717, 1.165) is 49.2 Å². The number of nitrogens with zero attached hydrogens (tertiary/aromatic N) is 5. The number of likely N-dealkylation sites (tertiary alicyclic amines) is 1. The number of piperidine rings is 1. The first-order chi connectivity index (χ1) is 18.8. The summed E-state index contributed by atoms with van der Waals surface area (Å²) in [5.74, 6) is 0.611. The number of hydrogen-bond donors (Lipinski definition) is 2. The van der Waals surface area contributed by atoms with E-state index in [4.69, 9.17) is 4.84 Å². The van der Waals surface area contributed by atoms with Crippen molar-refractivity contribution in [3.8, 4) is 5.82 Å². The third-order valence-electron chi connectivity index (χ3n) is 7.36. The number of nitrogens with one attached hydrogen (secondary N) is 2. The number of rotatable bonds is 10. The van der Waals surface area contributed by atoms with Crippen LogP contribution in [-0.4, -0.2) is 75.3 Å². The lowest BCUT2D eigenvalue weighted by Crippen LogP contribution is -2.51. The Morgan fingerprint density at radius 1 is 1.23 bits per heavy atom. The zero-order chi connectivity index (χ0) is 27.9. The first-order valence-corrected chi connectivity index (χ1v) is 14.3. The summed E-state index contributed by atoms with van der Waals surface area (Å²) in [4.78, 5) is 39.5. The van der Waals surface area contributed by atoms with Crippen molar-refractivity contribution in [2.75, 3.05) is 26.7 Å². The van der Waals surface area contributed by atoms with E-state index in [1.165, 1.54) is 7.11 Å². The molecule has 11 heteroatoms. The van der Waals surface area contributed by atoms with Crippen molar-refractivity contribution in [3.63, 3.8) is 0 Å². The predicted molar refractivity (Wildman–Crippen MR) is 152 cm³/mol. The number of hydroxylamine groups is 1. The monoisotopic (exact) mass is 553 g/mol. The van der Waals surface area contributed by atoms with Gasteiger partial charge >= 0.3 is 6.03 Å². The van der Waals surface area contributed by atoms with Crippen molar-refractivity contribution < 1.29 is 14.4 Å². The van der Waals surface area contributed by atoms with Crippen LogP contribution in [0.5, 0.6) is 0 Å². The summed E-state index contributed by atoms with van der Waals surface area (Å²) in [6, 6.07) is 6.14. The largest absolute Gasteiger partial charge is 0.352 e. The van der Waals surface area contributed by atoms with Crippen molar-refractivity contribution >= 4 is 23.3 Å². The highest BCUT2D eigenvalue weighted by Gasteiger charge is 2.30. The summed E-state index contributed by atoms with van der Waals surface area (Å²) < 4.78 is 1.73. The molecule has 3 amide bonds. The molecule has 4 rings (SSSR count). The highest BCUT2D eigenvalue weighted by atomic mass is 32.1. The van der Waals surface area contributed by atoms with Crippen LogP contribution in [0, 0.1) is 20.8 Å². The predicted octanol–water partition coefficient (Wildman–Crippen LogP) is 4.00. The molecule has 0 bridgehead atoms. The minimum Gasteiger partial charge on any atom is -0.352 e. The van der Waals surface area contributed by atoms with Crippen LogP contribution in [0.4, 0.5) is 4.79 Å². The van der Waals surface area contributed by atoms with Crippen molar-refractivity contribution in [2.24, 2.45) is 0 Å². The first-order valence-electron chi connectivity index (χ1n) is 13.4. The van der Waals surface area contributed by atoms with Gasteiger partial charge in [-0.05, 0) is 87.0 Å². The van der Waals surface area contributed by atoms with Gasteiger partial charge in [0.05, 0.1) is 24.1 Å². The number of thiophene rings is 1. The number of amides is 3. The number of aromatic nitrogens is 3. The first kappa shape index (κ1) is 28.7. The average molecular weight is 554 g/mol. The summed E-state index contributed by atoms with van der Waals surface area (Å²) in [6.07, 6.45) is 4.50. The zero-order valence-electron chi connectivity index (χ0n) is 23.4. The topological polar surface area (TPSA) is 105 Å². The second kappa shape index (κ2) is 13.2. The minimum atomic E-state index is -0.203.